The van der Waals surface area contributed by atoms with Gasteiger partial charge in [0.15, 0.2) is 23.3 Å². The quantitative estimate of drug-likeness (QED) is 0.480. The van der Waals surface area contributed by atoms with Gasteiger partial charge in [-0.2, -0.15) is 0 Å². The number of nitrogens with zero attached hydrogens (tertiary/aromatic N) is 4. The molecule has 0 aliphatic rings. The fourth-order valence-electron chi connectivity index (χ4n) is 2.96. The van der Waals surface area contributed by atoms with Gasteiger partial charge in [0, 0.05) is 18.0 Å². The molecular formula is C22H18F2N6. The van der Waals surface area contributed by atoms with Gasteiger partial charge >= 0.3 is 0 Å². The summed E-state index contributed by atoms with van der Waals surface area (Å²) in [6.45, 7) is 0.476. The van der Waals surface area contributed by atoms with E-state index < -0.39 is 11.6 Å². The highest BCUT2D eigenvalue weighted by Crippen LogP contribution is 2.33. The van der Waals surface area contributed by atoms with Gasteiger partial charge in [0.1, 0.15) is 17.8 Å². The molecule has 2 aromatic heterocycles. The first-order chi connectivity index (χ1) is 14.6. The maximum absolute atomic E-state index is 13.6. The number of rotatable bonds is 6. The molecule has 3 N–H and O–H groups in total. The number of hydrogen-bond donors (Lipinski definition) is 2. The molecule has 0 bridgehead atoms. The predicted molar refractivity (Wildman–Crippen MR) is 113 cm³/mol. The predicted octanol–water partition coefficient (Wildman–Crippen LogP) is 4.81. The average molecular weight is 404 g/mol. The van der Waals surface area contributed by atoms with Crippen molar-refractivity contribution in [1.82, 2.24) is 15.0 Å². The van der Waals surface area contributed by atoms with Crippen LogP contribution in [0.15, 0.2) is 79.3 Å². The van der Waals surface area contributed by atoms with Crippen molar-refractivity contribution < 1.29 is 8.78 Å². The van der Waals surface area contributed by atoms with Crippen LogP contribution >= 0.6 is 0 Å². The highest BCUT2D eigenvalue weighted by Gasteiger charge is 2.19. The van der Waals surface area contributed by atoms with E-state index in [0.29, 0.717) is 23.9 Å². The Morgan fingerprint density at radius 1 is 0.867 bits per heavy atom. The second-order valence-electron chi connectivity index (χ2n) is 6.47. The molecule has 2 heterocycles. The number of halogens is 2. The van der Waals surface area contributed by atoms with Crippen molar-refractivity contribution in [2.24, 2.45) is 0 Å². The fraction of sp³-hybridized carbons (Fsp3) is 0.0455. The smallest absolute Gasteiger partial charge is 0.163 e. The molecule has 0 aliphatic heterocycles. The van der Waals surface area contributed by atoms with E-state index in [1.807, 2.05) is 53.4 Å². The number of aromatic nitrogens is 3. The van der Waals surface area contributed by atoms with Crippen LogP contribution < -0.4 is 16.0 Å². The van der Waals surface area contributed by atoms with E-state index in [1.54, 1.807) is 6.20 Å². The Kier molecular flexibility index (Phi) is 5.47. The van der Waals surface area contributed by atoms with Gasteiger partial charge in [-0.05, 0) is 29.8 Å². The molecule has 2 aromatic carbocycles. The normalized spacial score (nSPS) is 10.6. The molecule has 0 spiro atoms. The highest BCUT2D eigenvalue weighted by atomic mass is 19.2. The lowest BCUT2D eigenvalue weighted by atomic mass is 10.2. The van der Waals surface area contributed by atoms with Crippen molar-refractivity contribution in [1.29, 1.82) is 0 Å². The molecule has 0 unspecified atom stereocenters. The van der Waals surface area contributed by atoms with Crippen LogP contribution in [0.5, 0.6) is 0 Å². The zero-order valence-corrected chi connectivity index (χ0v) is 15.8. The van der Waals surface area contributed by atoms with Crippen molar-refractivity contribution >= 4 is 28.8 Å². The van der Waals surface area contributed by atoms with Gasteiger partial charge in [0.05, 0.1) is 6.54 Å². The van der Waals surface area contributed by atoms with E-state index in [-0.39, 0.29) is 11.5 Å². The van der Waals surface area contributed by atoms with Crippen molar-refractivity contribution in [3.8, 4) is 0 Å². The Morgan fingerprint density at radius 3 is 2.40 bits per heavy atom. The Balaban J connectivity index is 1.72. The summed E-state index contributed by atoms with van der Waals surface area (Å²) < 4.78 is 26.8. The molecule has 4 aromatic rings. The molecular weight excluding hydrogens is 386 g/mol. The SMILES string of the molecule is Nc1c(Nc2ccc(F)c(F)c2)ncnc1N(Cc1ccccc1)c1ccccn1. The Labute approximate surface area is 172 Å². The maximum atomic E-state index is 13.6. The molecule has 0 aliphatic carbocycles. The van der Waals surface area contributed by atoms with Crippen LogP contribution in [0.3, 0.4) is 0 Å². The van der Waals surface area contributed by atoms with Crippen molar-refractivity contribution in [3.05, 3.63) is 96.5 Å². The monoisotopic (exact) mass is 404 g/mol. The number of nitrogens with two attached hydrogens (primary N) is 1. The van der Waals surface area contributed by atoms with E-state index in [0.717, 1.165) is 17.7 Å². The van der Waals surface area contributed by atoms with Crippen molar-refractivity contribution in [2.45, 2.75) is 6.54 Å². The van der Waals surface area contributed by atoms with Crippen LogP contribution in [0.4, 0.5) is 37.6 Å². The summed E-state index contributed by atoms with van der Waals surface area (Å²) in [6.07, 6.45) is 3.04. The molecule has 4 rings (SSSR count). The minimum atomic E-state index is -0.966. The van der Waals surface area contributed by atoms with E-state index in [4.69, 9.17) is 5.73 Å². The van der Waals surface area contributed by atoms with Crippen LogP contribution in [0.1, 0.15) is 5.56 Å². The largest absolute Gasteiger partial charge is 0.393 e. The summed E-state index contributed by atoms with van der Waals surface area (Å²) in [5.74, 6) is -0.517. The summed E-state index contributed by atoms with van der Waals surface area (Å²) in [4.78, 5) is 14.8. The zero-order chi connectivity index (χ0) is 20.9. The molecule has 8 heteroatoms. The molecule has 0 saturated carbocycles. The third kappa shape index (κ3) is 4.17. The van der Waals surface area contributed by atoms with Crippen LogP contribution in [-0.4, -0.2) is 15.0 Å². The highest BCUT2D eigenvalue weighted by molar-refractivity contribution is 5.80. The molecule has 0 atom stereocenters. The topological polar surface area (TPSA) is 80.0 Å². The number of nitrogens with one attached hydrogen (secondary N) is 1. The molecule has 30 heavy (non-hydrogen) atoms. The summed E-state index contributed by atoms with van der Waals surface area (Å²) in [7, 11) is 0. The molecule has 0 radical (unpaired) electrons. The van der Waals surface area contributed by atoms with Crippen LogP contribution in [0.2, 0.25) is 0 Å². The van der Waals surface area contributed by atoms with Gasteiger partial charge in [0.2, 0.25) is 0 Å². The summed E-state index contributed by atoms with van der Waals surface area (Å²) in [5, 5.41) is 2.92. The van der Waals surface area contributed by atoms with E-state index >= 15 is 0 Å². The number of anilines is 5. The number of nitrogen functional groups attached to an aromatic ring is 1. The van der Waals surface area contributed by atoms with E-state index in [2.05, 4.69) is 20.3 Å². The zero-order valence-electron chi connectivity index (χ0n) is 15.8. The maximum Gasteiger partial charge on any atom is 0.163 e. The lowest BCUT2D eigenvalue weighted by Gasteiger charge is -2.25. The second kappa shape index (κ2) is 8.52. The third-order valence-corrected chi connectivity index (χ3v) is 4.41. The van der Waals surface area contributed by atoms with Crippen molar-refractivity contribution in [3.63, 3.8) is 0 Å². The van der Waals surface area contributed by atoms with Gasteiger partial charge in [-0.1, -0.05) is 36.4 Å². The van der Waals surface area contributed by atoms with Crippen LogP contribution in [0, 0.1) is 11.6 Å². The lowest BCUT2D eigenvalue weighted by molar-refractivity contribution is 0.509. The summed E-state index contributed by atoms with van der Waals surface area (Å²) in [6, 6.07) is 18.9. The van der Waals surface area contributed by atoms with Gasteiger partial charge in [-0.25, -0.2) is 23.7 Å². The average Bonchev–Trinajstić information content (AvgIpc) is 2.78. The van der Waals surface area contributed by atoms with Crippen LogP contribution in [-0.2, 0) is 6.54 Å². The Hall–Kier alpha value is -4.07. The third-order valence-electron chi connectivity index (χ3n) is 4.41. The first-order valence-corrected chi connectivity index (χ1v) is 9.17. The fourth-order valence-corrected chi connectivity index (χ4v) is 2.96. The van der Waals surface area contributed by atoms with Gasteiger partial charge in [-0.15, -0.1) is 0 Å². The molecule has 0 fully saturated rings. The minimum Gasteiger partial charge on any atom is -0.393 e. The Morgan fingerprint density at radius 2 is 1.67 bits per heavy atom. The molecule has 0 amide bonds. The minimum absolute atomic E-state index is 0.254. The second-order valence-corrected chi connectivity index (χ2v) is 6.47. The van der Waals surface area contributed by atoms with Gasteiger partial charge in [-0.3, -0.25) is 0 Å². The first-order valence-electron chi connectivity index (χ1n) is 9.17. The number of pyridine rings is 1. The molecule has 0 saturated heterocycles. The standard InChI is InChI=1S/C22H18F2N6/c23-17-10-9-16(12-18(17)24)29-21-20(25)22(28-14-27-21)30(19-8-4-5-11-26-19)13-15-6-2-1-3-7-15/h1-12,14H,13,25H2,(H,27,28,29). The molecule has 150 valence electrons. The van der Waals surface area contributed by atoms with E-state index in [1.165, 1.54) is 12.4 Å². The summed E-state index contributed by atoms with van der Waals surface area (Å²) in [5.41, 5.74) is 7.98. The lowest BCUT2D eigenvalue weighted by Crippen LogP contribution is -2.21. The summed E-state index contributed by atoms with van der Waals surface area (Å²) >= 11 is 0. The van der Waals surface area contributed by atoms with Gasteiger partial charge in [0.25, 0.3) is 0 Å². The number of benzene rings is 2. The van der Waals surface area contributed by atoms with Crippen molar-refractivity contribution in [2.75, 3.05) is 16.0 Å². The van der Waals surface area contributed by atoms with Gasteiger partial charge < -0.3 is 16.0 Å². The van der Waals surface area contributed by atoms with E-state index in [9.17, 15) is 8.78 Å². The Bertz CT molecular complexity index is 1140. The van der Waals surface area contributed by atoms with Crippen LogP contribution in [0.25, 0.3) is 0 Å². The number of hydrogen-bond acceptors (Lipinski definition) is 6. The first kappa shape index (κ1) is 19.3. The molecule has 6 nitrogen and oxygen atoms in total.